The molecule has 0 saturated heterocycles. The molecule has 0 aliphatic rings. The molecule has 5 rings (SSSR count). The third-order valence-corrected chi connectivity index (χ3v) is 5.15. The Bertz CT molecular complexity index is 1300. The smallest absolute Gasteiger partial charge is 0.160 e. The predicted octanol–water partition coefficient (Wildman–Crippen LogP) is 5.49. The molecule has 0 unspecified atom stereocenters. The fraction of sp³-hybridized carbons (Fsp3) is 0.167. The molecule has 138 valence electrons. The monoisotopic (exact) mass is 367 g/mol. The van der Waals surface area contributed by atoms with Crippen LogP contribution < -0.4 is 4.74 Å². The molecule has 0 amide bonds. The number of aromatic nitrogens is 3. The average molecular weight is 367 g/mol. The van der Waals surface area contributed by atoms with Crippen LogP contribution in [0, 0.1) is 6.92 Å². The molecule has 0 bridgehead atoms. The van der Waals surface area contributed by atoms with E-state index < -0.39 is 0 Å². The van der Waals surface area contributed by atoms with Crippen molar-refractivity contribution in [1.82, 2.24) is 14.5 Å². The van der Waals surface area contributed by atoms with E-state index in [-0.39, 0.29) is 0 Å². The van der Waals surface area contributed by atoms with Crippen molar-refractivity contribution in [2.75, 3.05) is 6.61 Å². The highest BCUT2D eigenvalue weighted by Gasteiger charge is 2.16. The largest absolute Gasteiger partial charge is 0.494 e. The lowest BCUT2D eigenvalue weighted by Crippen LogP contribution is -2.02. The Labute approximate surface area is 163 Å². The van der Waals surface area contributed by atoms with Gasteiger partial charge < -0.3 is 9.30 Å². The maximum Gasteiger partial charge on any atom is 0.160 e. The van der Waals surface area contributed by atoms with Crippen molar-refractivity contribution in [1.29, 1.82) is 0 Å². The Hall–Kier alpha value is -3.40. The van der Waals surface area contributed by atoms with Crippen molar-refractivity contribution in [3.05, 3.63) is 77.9 Å². The van der Waals surface area contributed by atoms with Gasteiger partial charge in [-0.05, 0) is 49.2 Å². The van der Waals surface area contributed by atoms with Gasteiger partial charge in [0.2, 0.25) is 0 Å². The molecule has 4 nitrogen and oxygen atoms in total. The third-order valence-electron chi connectivity index (χ3n) is 5.15. The molecule has 3 aromatic carbocycles. The van der Waals surface area contributed by atoms with E-state index in [2.05, 4.69) is 41.8 Å². The quantitative estimate of drug-likeness (QED) is 0.421. The highest BCUT2D eigenvalue weighted by atomic mass is 16.5. The second kappa shape index (κ2) is 6.64. The molecule has 0 aliphatic heterocycles. The number of fused-ring (bicyclic) bond motifs is 4. The second-order valence-electron chi connectivity index (χ2n) is 7.02. The van der Waals surface area contributed by atoms with E-state index in [1.165, 1.54) is 16.6 Å². The van der Waals surface area contributed by atoms with Gasteiger partial charge in [-0.2, -0.15) is 0 Å². The van der Waals surface area contributed by atoms with Gasteiger partial charge in [0.15, 0.2) is 5.65 Å². The van der Waals surface area contributed by atoms with Gasteiger partial charge in [0, 0.05) is 11.9 Å². The lowest BCUT2D eigenvalue weighted by atomic mass is 10.1. The zero-order chi connectivity index (χ0) is 19.1. The van der Waals surface area contributed by atoms with E-state index in [4.69, 9.17) is 14.7 Å². The van der Waals surface area contributed by atoms with Crippen molar-refractivity contribution in [3.63, 3.8) is 0 Å². The summed E-state index contributed by atoms with van der Waals surface area (Å²) in [6.45, 7) is 5.56. The number of rotatable bonds is 4. The molecule has 28 heavy (non-hydrogen) atoms. The summed E-state index contributed by atoms with van der Waals surface area (Å²) in [6.07, 6.45) is 0. The summed E-state index contributed by atoms with van der Waals surface area (Å²) in [6, 6.07) is 22.7. The van der Waals surface area contributed by atoms with Crippen LogP contribution in [0.3, 0.4) is 0 Å². The lowest BCUT2D eigenvalue weighted by Gasteiger charge is -2.10. The first-order valence-electron chi connectivity index (χ1n) is 9.60. The molecule has 4 heteroatoms. The molecular weight excluding hydrogens is 346 g/mol. The highest BCUT2D eigenvalue weighted by molar-refractivity contribution is 6.07. The van der Waals surface area contributed by atoms with E-state index in [9.17, 15) is 0 Å². The van der Waals surface area contributed by atoms with Crippen LogP contribution in [0.5, 0.6) is 5.75 Å². The minimum Gasteiger partial charge on any atom is -0.494 e. The summed E-state index contributed by atoms with van der Waals surface area (Å²) < 4.78 is 7.86. The maximum absolute atomic E-state index is 5.57. The molecule has 0 radical (unpaired) electrons. The van der Waals surface area contributed by atoms with Gasteiger partial charge in [-0.15, -0.1) is 0 Å². The van der Waals surface area contributed by atoms with E-state index in [1.54, 1.807) is 0 Å². The van der Waals surface area contributed by atoms with Crippen molar-refractivity contribution in [2.24, 2.45) is 0 Å². The molecule has 5 aromatic rings. The van der Waals surface area contributed by atoms with Crippen LogP contribution in [0.2, 0.25) is 0 Å². The Balaban J connectivity index is 1.74. The molecule has 0 N–H and O–H groups in total. The maximum atomic E-state index is 5.57. The summed E-state index contributed by atoms with van der Waals surface area (Å²) in [4.78, 5) is 9.92. The van der Waals surface area contributed by atoms with Gasteiger partial charge >= 0.3 is 0 Å². The first-order valence-corrected chi connectivity index (χ1v) is 9.60. The van der Waals surface area contributed by atoms with E-state index in [1.807, 2.05) is 43.3 Å². The van der Waals surface area contributed by atoms with Gasteiger partial charge in [0.1, 0.15) is 11.3 Å². The minimum atomic E-state index is 0.675. The minimum absolute atomic E-state index is 0.675. The van der Waals surface area contributed by atoms with Crippen molar-refractivity contribution in [2.45, 2.75) is 20.4 Å². The van der Waals surface area contributed by atoms with Gasteiger partial charge in [0.05, 0.1) is 23.2 Å². The first kappa shape index (κ1) is 16.8. The highest BCUT2D eigenvalue weighted by Crippen LogP contribution is 2.31. The SMILES string of the molecule is CCOc1ccc(Cn2c3nc4ccccc4nc3c3cccc(C)c32)cc1. The number of hydrogen-bond acceptors (Lipinski definition) is 3. The standard InChI is InChI=1S/C24H21N3O/c1-3-28-18-13-11-17(12-14-18)15-27-23-16(2)7-6-8-19(23)22-24(27)26-21-10-5-4-9-20(21)25-22/h4-14H,3,15H2,1-2H3. The van der Waals surface area contributed by atoms with Crippen LogP contribution in [0.25, 0.3) is 33.1 Å². The van der Waals surface area contributed by atoms with Crippen LogP contribution in [-0.2, 0) is 6.54 Å². The van der Waals surface area contributed by atoms with E-state index in [0.29, 0.717) is 6.61 Å². The zero-order valence-corrected chi connectivity index (χ0v) is 16.0. The molecule has 0 fully saturated rings. The fourth-order valence-electron chi connectivity index (χ4n) is 3.87. The summed E-state index contributed by atoms with van der Waals surface area (Å²) in [5.41, 5.74) is 7.37. The number of hydrogen-bond donors (Lipinski definition) is 0. The normalized spacial score (nSPS) is 11.5. The summed E-state index contributed by atoms with van der Waals surface area (Å²) in [5, 5.41) is 1.15. The van der Waals surface area contributed by atoms with Gasteiger partial charge in [-0.1, -0.05) is 42.5 Å². The van der Waals surface area contributed by atoms with Gasteiger partial charge in [-0.3, -0.25) is 0 Å². The van der Waals surface area contributed by atoms with Crippen LogP contribution >= 0.6 is 0 Å². The molecule has 2 aromatic heterocycles. The Morgan fingerprint density at radius 2 is 1.61 bits per heavy atom. The second-order valence-corrected chi connectivity index (χ2v) is 7.02. The van der Waals surface area contributed by atoms with Crippen molar-refractivity contribution in [3.8, 4) is 5.75 Å². The molecule has 0 atom stereocenters. The topological polar surface area (TPSA) is 39.9 Å². The van der Waals surface area contributed by atoms with E-state index >= 15 is 0 Å². The van der Waals surface area contributed by atoms with Gasteiger partial charge in [-0.25, -0.2) is 9.97 Å². The number of aryl methyl sites for hydroxylation is 1. The van der Waals surface area contributed by atoms with Crippen molar-refractivity contribution >= 4 is 33.1 Å². The van der Waals surface area contributed by atoms with E-state index in [0.717, 1.165) is 39.9 Å². The fourth-order valence-corrected chi connectivity index (χ4v) is 3.87. The Morgan fingerprint density at radius 1 is 0.857 bits per heavy atom. The van der Waals surface area contributed by atoms with Crippen LogP contribution in [-0.4, -0.2) is 21.1 Å². The Morgan fingerprint density at radius 3 is 2.36 bits per heavy atom. The summed E-state index contributed by atoms with van der Waals surface area (Å²) in [7, 11) is 0. The van der Waals surface area contributed by atoms with Crippen LogP contribution in [0.15, 0.2) is 66.7 Å². The predicted molar refractivity (Wildman–Crippen MR) is 114 cm³/mol. The van der Waals surface area contributed by atoms with Crippen LogP contribution in [0.1, 0.15) is 18.1 Å². The number of nitrogens with zero attached hydrogens (tertiary/aromatic N) is 3. The number of ether oxygens (including phenoxy) is 1. The molecule has 0 saturated carbocycles. The summed E-state index contributed by atoms with van der Waals surface area (Å²) >= 11 is 0. The Kier molecular flexibility index (Phi) is 3.97. The first-order chi connectivity index (χ1) is 13.7. The average Bonchev–Trinajstić information content (AvgIpc) is 3.02. The molecule has 0 spiro atoms. The third kappa shape index (κ3) is 2.69. The molecule has 2 heterocycles. The molecular formula is C24H21N3O. The summed E-state index contributed by atoms with van der Waals surface area (Å²) in [5.74, 6) is 0.899. The molecule has 0 aliphatic carbocycles. The van der Waals surface area contributed by atoms with Gasteiger partial charge in [0.25, 0.3) is 0 Å². The van der Waals surface area contributed by atoms with Crippen molar-refractivity contribution < 1.29 is 4.74 Å². The number of benzene rings is 3. The zero-order valence-electron chi connectivity index (χ0n) is 16.0. The number of para-hydroxylation sites is 3. The van der Waals surface area contributed by atoms with Crippen LogP contribution in [0.4, 0.5) is 0 Å². The lowest BCUT2D eigenvalue weighted by molar-refractivity contribution is 0.340.